The Bertz CT molecular complexity index is 549. The molecule has 17 heavy (non-hydrogen) atoms. The lowest BCUT2D eigenvalue weighted by Crippen LogP contribution is -2.01. The molecule has 0 amide bonds. The van der Waals surface area contributed by atoms with Gasteiger partial charge >= 0.3 is 0 Å². The summed E-state index contributed by atoms with van der Waals surface area (Å²) in [4.78, 5) is 4.55. The van der Waals surface area contributed by atoms with E-state index in [1.54, 1.807) is 0 Å². The van der Waals surface area contributed by atoms with E-state index in [-0.39, 0.29) is 0 Å². The van der Waals surface area contributed by atoms with E-state index in [0.29, 0.717) is 0 Å². The van der Waals surface area contributed by atoms with Crippen LogP contribution in [0.3, 0.4) is 0 Å². The van der Waals surface area contributed by atoms with Crippen LogP contribution in [0.1, 0.15) is 23.2 Å². The van der Waals surface area contributed by atoms with Crippen molar-refractivity contribution in [1.29, 1.82) is 0 Å². The number of pyridine rings is 1. The average Bonchev–Trinajstić information content (AvgIpc) is 2.28. The lowest BCUT2D eigenvalue weighted by atomic mass is 10.0. The lowest BCUT2D eigenvalue weighted by molar-refractivity contribution is 0.833. The summed E-state index contributed by atoms with van der Waals surface area (Å²) in [7, 11) is 0. The van der Waals surface area contributed by atoms with Crippen molar-refractivity contribution in [3.05, 3.63) is 40.0 Å². The van der Waals surface area contributed by atoms with Gasteiger partial charge in [-0.25, -0.2) is 0 Å². The fourth-order valence-corrected chi connectivity index (χ4v) is 2.41. The molecule has 0 radical (unpaired) electrons. The molecule has 0 spiro atoms. The molecule has 2 nitrogen and oxygen atoms in total. The van der Waals surface area contributed by atoms with Gasteiger partial charge < -0.3 is 5.73 Å². The number of rotatable bonds is 3. The number of halogens is 1. The van der Waals surface area contributed by atoms with Crippen molar-refractivity contribution < 1.29 is 0 Å². The number of nitrogens with two attached hydrogens (primary N) is 1. The van der Waals surface area contributed by atoms with Crippen LogP contribution in [0.25, 0.3) is 10.9 Å². The number of aromatic nitrogens is 1. The van der Waals surface area contributed by atoms with Gasteiger partial charge in [0.1, 0.15) is 0 Å². The molecule has 0 atom stereocenters. The van der Waals surface area contributed by atoms with Crippen molar-refractivity contribution in [2.45, 2.75) is 26.7 Å². The van der Waals surface area contributed by atoms with Crippen LogP contribution in [0.15, 0.2) is 18.2 Å². The summed E-state index contributed by atoms with van der Waals surface area (Å²) in [6, 6.07) is 6.23. The molecule has 3 heteroatoms. The highest BCUT2D eigenvalue weighted by Crippen LogP contribution is 2.27. The smallest absolute Gasteiger partial charge is 0.0749 e. The number of nitrogens with zero attached hydrogens (tertiary/aromatic N) is 1. The van der Waals surface area contributed by atoms with Crippen LogP contribution >= 0.6 is 11.6 Å². The van der Waals surface area contributed by atoms with E-state index in [2.05, 4.69) is 24.0 Å². The quantitative estimate of drug-likeness (QED) is 0.904. The van der Waals surface area contributed by atoms with E-state index >= 15 is 0 Å². The summed E-state index contributed by atoms with van der Waals surface area (Å²) < 4.78 is 0. The first-order chi connectivity index (χ1) is 8.11. The second kappa shape index (κ2) is 5.03. The molecule has 0 saturated heterocycles. The fourth-order valence-electron chi connectivity index (χ4n) is 2.11. The molecular formula is C14H17ClN2. The fraction of sp³-hybridized carbons (Fsp3) is 0.357. The summed E-state index contributed by atoms with van der Waals surface area (Å²) in [6.07, 6.45) is 2.00. The first-order valence-corrected chi connectivity index (χ1v) is 6.26. The summed E-state index contributed by atoms with van der Waals surface area (Å²) >= 11 is 6.28. The zero-order valence-corrected chi connectivity index (χ0v) is 11.0. The average molecular weight is 249 g/mol. The molecule has 0 aliphatic rings. The van der Waals surface area contributed by atoms with Gasteiger partial charge in [-0.1, -0.05) is 17.7 Å². The molecule has 0 bridgehead atoms. The number of aryl methyl sites for hydroxylation is 3. The Kier molecular flexibility index (Phi) is 3.65. The van der Waals surface area contributed by atoms with Gasteiger partial charge in [0.05, 0.1) is 10.5 Å². The highest BCUT2D eigenvalue weighted by atomic mass is 35.5. The third-order valence-electron chi connectivity index (χ3n) is 2.91. The zero-order chi connectivity index (χ0) is 12.4. The molecule has 1 aromatic carbocycles. The lowest BCUT2D eigenvalue weighted by Gasteiger charge is -2.08. The van der Waals surface area contributed by atoms with Crippen LogP contribution in [-0.4, -0.2) is 11.5 Å². The van der Waals surface area contributed by atoms with Crippen molar-refractivity contribution in [2.75, 3.05) is 6.54 Å². The van der Waals surface area contributed by atoms with E-state index in [0.717, 1.165) is 41.0 Å². The Labute approximate surface area is 107 Å². The monoisotopic (exact) mass is 248 g/mol. The number of benzene rings is 1. The third kappa shape index (κ3) is 2.59. The molecule has 0 unspecified atom stereocenters. The Morgan fingerprint density at radius 3 is 2.71 bits per heavy atom. The van der Waals surface area contributed by atoms with Crippen molar-refractivity contribution >= 4 is 22.5 Å². The van der Waals surface area contributed by atoms with Crippen molar-refractivity contribution in [1.82, 2.24) is 4.98 Å². The molecule has 1 aromatic heterocycles. The van der Waals surface area contributed by atoms with Gasteiger partial charge in [0, 0.05) is 11.1 Å². The van der Waals surface area contributed by atoms with E-state index < -0.39 is 0 Å². The van der Waals surface area contributed by atoms with Crippen LogP contribution in [0.4, 0.5) is 0 Å². The summed E-state index contributed by atoms with van der Waals surface area (Å²) in [5, 5.41) is 1.83. The molecule has 0 aliphatic heterocycles. The molecular weight excluding hydrogens is 232 g/mol. The van der Waals surface area contributed by atoms with Gasteiger partial charge in [-0.05, 0) is 56.5 Å². The standard InChI is InChI=1S/C14H17ClN2/c1-9-6-11(4-3-5-16)8-12-13(15)7-10(2)17-14(9)12/h6-8H,3-5,16H2,1-2H3. The van der Waals surface area contributed by atoms with Crippen molar-refractivity contribution in [3.63, 3.8) is 0 Å². The molecule has 2 rings (SSSR count). The number of fused-ring (bicyclic) bond motifs is 1. The van der Waals surface area contributed by atoms with Crippen LogP contribution in [0.2, 0.25) is 5.02 Å². The van der Waals surface area contributed by atoms with Gasteiger partial charge in [-0.2, -0.15) is 0 Å². The van der Waals surface area contributed by atoms with Crippen molar-refractivity contribution in [2.24, 2.45) is 5.73 Å². The largest absolute Gasteiger partial charge is 0.330 e. The summed E-state index contributed by atoms with van der Waals surface area (Å²) in [5.74, 6) is 0. The van der Waals surface area contributed by atoms with Crippen LogP contribution in [-0.2, 0) is 6.42 Å². The Balaban J connectivity index is 2.56. The van der Waals surface area contributed by atoms with Crippen LogP contribution in [0, 0.1) is 13.8 Å². The Morgan fingerprint density at radius 2 is 2.00 bits per heavy atom. The molecule has 1 heterocycles. The maximum Gasteiger partial charge on any atom is 0.0749 e. The van der Waals surface area contributed by atoms with E-state index in [1.807, 2.05) is 13.0 Å². The maximum atomic E-state index is 6.28. The topological polar surface area (TPSA) is 38.9 Å². The van der Waals surface area contributed by atoms with Gasteiger partial charge in [0.25, 0.3) is 0 Å². The highest BCUT2D eigenvalue weighted by molar-refractivity contribution is 6.35. The molecule has 90 valence electrons. The molecule has 0 aliphatic carbocycles. The molecule has 2 aromatic rings. The zero-order valence-electron chi connectivity index (χ0n) is 10.3. The Hall–Kier alpha value is -1.12. The molecule has 0 fully saturated rings. The van der Waals surface area contributed by atoms with Crippen LogP contribution < -0.4 is 5.73 Å². The van der Waals surface area contributed by atoms with Gasteiger partial charge in [-0.3, -0.25) is 4.98 Å². The van der Waals surface area contributed by atoms with E-state index in [1.165, 1.54) is 11.1 Å². The minimum absolute atomic E-state index is 0.719. The first kappa shape index (κ1) is 12.3. The van der Waals surface area contributed by atoms with Crippen molar-refractivity contribution in [3.8, 4) is 0 Å². The second-order valence-corrected chi connectivity index (χ2v) is 4.85. The summed E-state index contributed by atoms with van der Waals surface area (Å²) in [5.41, 5.74) is 9.97. The molecule has 2 N–H and O–H groups in total. The van der Waals surface area contributed by atoms with E-state index in [9.17, 15) is 0 Å². The molecule has 0 saturated carbocycles. The SMILES string of the molecule is Cc1cc(Cl)c2cc(CCCN)cc(C)c2n1. The first-order valence-electron chi connectivity index (χ1n) is 5.88. The van der Waals surface area contributed by atoms with Crippen LogP contribution in [0.5, 0.6) is 0 Å². The minimum Gasteiger partial charge on any atom is -0.330 e. The predicted octanol–water partition coefficient (Wildman–Crippen LogP) is 3.40. The normalized spacial score (nSPS) is 11.1. The number of hydrogen-bond donors (Lipinski definition) is 1. The van der Waals surface area contributed by atoms with E-state index in [4.69, 9.17) is 17.3 Å². The number of hydrogen-bond acceptors (Lipinski definition) is 2. The Morgan fingerprint density at radius 1 is 1.24 bits per heavy atom. The third-order valence-corrected chi connectivity index (χ3v) is 3.22. The second-order valence-electron chi connectivity index (χ2n) is 4.45. The van der Waals surface area contributed by atoms with Gasteiger partial charge in [-0.15, -0.1) is 0 Å². The highest BCUT2D eigenvalue weighted by Gasteiger charge is 2.06. The predicted molar refractivity (Wildman–Crippen MR) is 73.6 cm³/mol. The maximum absolute atomic E-state index is 6.28. The summed E-state index contributed by atoms with van der Waals surface area (Å²) in [6.45, 7) is 4.76. The van der Waals surface area contributed by atoms with Gasteiger partial charge in [0.15, 0.2) is 0 Å². The minimum atomic E-state index is 0.719. The van der Waals surface area contributed by atoms with Gasteiger partial charge in [0.2, 0.25) is 0 Å².